The highest BCUT2D eigenvalue weighted by Gasteiger charge is 2.04. The second kappa shape index (κ2) is 6.60. The van der Waals surface area contributed by atoms with Gasteiger partial charge < -0.3 is 15.8 Å². The van der Waals surface area contributed by atoms with Gasteiger partial charge in [-0.2, -0.15) is 5.10 Å². The zero-order valence-electron chi connectivity index (χ0n) is 11.4. The average molecular weight is 274 g/mol. The third-order valence-corrected chi connectivity index (χ3v) is 2.71. The largest absolute Gasteiger partial charge is 0.494 e. The number of ether oxygens (including phenoxy) is 1. The Morgan fingerprint density at radius 2 is 2.25 bits per heavy atom. The zero-order valence-corrected chi connectivity index (χ0v) is 11.4. The Balaban J connectivity index is 1.98. The normalized spacial score (nSPS) is 10.2. The van der Waals surface area contributed by atoms with E-state index in [-0.39, 0.29) is 6.54 Å². The number of benzene rings is 1. The second-order valence-electron chi connectivity index (χ2n) is 4.29. The Morgan fingerprint density at radius 3 is 3.00 bits per heavy atom. The van der Waals surface area contributed by atoms with Gasteiger partial charge in [0.25, 0.3) is 0 Å². The lowest BCUT2D eigenvalue weighted by atomic mass is 10.2. The number of hydrogen-bond donors (Lipinski definition) is 2. The van der Waals surface area contributed by atoms with E-state index in [1.54, 1.807) is 12.4 Å². The van der Waals surface area contributed by atoms with Gasteiger partial charge in [0.05, 0.1) is 18.5 Å². The molecule has 0 aliphatic heterocycles. The molecule has 20 heavy (non-hydrogen) atoms. The number of aromatic nitrogens is 2. The summed E-state index contributed by atoms with van der Waals surface area (Å²) in [5.41, 5.74) is 7.01. The van der Waals surface area contributed by atoms with Crippen molar-refractivity contribution in [3.8, 4) is 5.75 Å². The van der Waals surface area contributed by atoms with Gasteiger partial charge in [0.1, 0.15) is 12.3 Å². The molecule has 3 N–H and O–H groups in total. The Labute approximate surface area is 117 Å². The van der Waals surface area contributed by atoms with Crippen molar-refractivity contribution in [2.24, 2.45) is 5.73 Å². The predicted molar refractivity (Wildman–Crippen MR) is 76.4 cm³/mol. The number of rotatable bonds is 7. The predicted octanol–water partition coefficient (Wildman–Crippen LogP) is 1.38. The lowest BCUT2D eigenvalue weighted by Crippen LogP contribution is -2.18. The topological polar surface area (TPSA) is 82.2 Å². The highest BCUT2D eigenvalue weighted by molar-refractivity contribution is 5.73. The van der Waals surface area contributed by atoms with Crippen LogP contribution in [0.25, 0.3) is 0 Å². The molecule has 1 amide bonds. The Bertz CT molecular complexity index is 580. The summed E-state index contributed by atoms with van der Waals surface area (Å²) >= 11 is 0. The summed E-state index contributed by atoms with van der Waals surface area (Å²) in [4.78, 5) is 10.8. The summed E-state index contributed by atoms with van der Waals surface area (Å²) < 4.78 is 7.06. The maximum absolute atomic E-state index is 10.8. The van der Waals surface area contributed by atoms with E-state index >= 15 is 0 Å². The summed E-state index contributed by atoms with van der Waals surface area (Å²) in [5.74, 6) is 0.452. The van der Waals surface area contributed by atoms with Crippen molar-refractivity contribution in [3.05, 3.63) is 42.2 Å². The minimum Gasteiger partial charge on any atom is -0.494 e. The summed E-state index contributed by atoms with van der Waals surface area (Å²) in [7, 11) is 0. The van der Waals surface area contributed by atoms with Crippen LogP contribution in [0.2, 0.25) is 0 Å². The van der Waals surface area contributed by atoms with Crippen LogP contribution in [0.15, 0.2) is 36.7 Å². The highest BCUT2D eigenvalue weighted by Crippen LogP contribution is 2.19. The van der Waals surface area contributed by atoms with Gasteiger partial charge in [-0.25, -0.2) is 0 Å². The van der Waals surface area contributed by atoms with Gasteiger partial charge in [0, 0.05) is 18.3 Å². The molecule has 0 aliphatic rings. The molecule has 0 spiro atoms. The van der Waals surface area contributed by atoms with E-state index in [2.05, 4.69) is 10.4 Å². The number of nitrogens with two attached hydrogens (primary N) is 1. The van der Waals surface area contributed by atoms with Gasteiger partial charge in [-0.05, 0) is 13.0 Å². The van der Waals surface area contributed by atoms with E-state index in [1.165, 1.54) is 4.68 Å². The number of para-hydroxylation sites is 1. The van der Waals surface area contributed by atoms with E-state index < -0.39 is 5.91 Å². The molecule has 0 bridgehead atoms. The fourth-order valence-corrected chi connectivity index (χ4v) is 1.84. The van der Waals surface area contributed by atoms with E-state index in [4.69, 9.17) is 10.5 Å². The third-order valence-electron chi connectivity index (χ3n) is 2.71. The second-order valence-corrected chi connectivity index (χ2v) is 4.29. The van der Waals surface area contributed by atoms with Crippen LogP contribution >= 0.6 is 0 Å². The molecule has 1 aromatic carbocycles. The molecule has 2 aromatic rings. The van der Waals surface area contributed by atoms with Crippen LogP contribution in [0.3, 0.4) is 0 Å². The third kappa shape index (κ3) is 3.74. The summed E-state index contributed by atoms with van der Waals surface area (Å²) in [6.07, 6.45) is 3.40. The Morgan fingerprint density at radius 1 is 1.45 bits per heavy atom. The first-order valence-corrected chi connectivity index (χ1v) is 6.44. The summed E-state index contributed by atoms with van der Waals surface area (Å²) in [5, 5.41) is 7.29. The molecular weight excluding hydrogens is 256 g/mol. The molecule has 106 valence electrons. The van der Waals surface area contributed by atoms with Gasteiger partial charge >= 0.3 is 0 Å². The van der Waals surface area contributed by atoms with E-state index in [9.17, 15) is 4.79 Å². The van der Waals surface area contributed by atoms with Crippen LogP contribution in [0.1, 0.15) is 12.5 Å². The van der Waals surface area contributed by atoms with Crippen molar-refractivity contribution in [1.82, 2.24) is 9.78 Å². The number of hydrogen-bond acceptors (Lipinski definition) is 4. The average Bonchev–Trinajstić information content (AvgIpc) is 2.85. The molecule has 0 saturated carbocycles. The van der Waals surface area contributed by atoms with Crippen LogP contribution in [0, 0.1) is 0 Å². The smallest absolute Gasteiger partial charge is 0.239 e. The monoisotopic (exact) mass is 274 g/mol. The molecule has 6 nitrogen and oxygen atoms in total. The molecular formula is C14H18N4O2. The number of anilines is 1. The maximum Gasteiger partial charge on any atom is 0.239 e. The summed E-state index contributed by atoms with van der Waals surface area (Å²) in [6, 6.07) is 7.86. The number of nitrogens with zero attached hydrogens (tertiary/aromatic N) is 2. The first-order valence-electron chi connectivity index (χ1n) is 6.44. The molecule has 1 aromatic heterocycles. The van der Waals surface area contributed by atoms with Crippen LogP contribution < -0.4 is 15.8 Å². The lowest BCUT2D eigenvalue weighted by molar-refractivity contribution is -0.118. The quantitative estimate of drug-likeness (QED) is 0.799. The van der Waals surface area contributed by atoms with Gasteiger partial charge in [-0.3, -0.25) is 9.48 Å². The number of amides is 1. The number of carbonyl (C=O) groups excluding carboxylic acids is 1. The van der Waals surface area contributed by atoms with Crippen molar-refractivity contribution < 1.29 is 9.53 Å². The fourth-order valence-electron chi connectivity index (χ4n) is 1.84. The Kier molecular flexibility index (Phi) is 4.60. The SMILES string of the molecule is CCOc1ccccc1CNc1cnn(CC(N)=O)c1. The maximum atomic E-state index is 10.8. The number of nitrogens with one attached hydrogen (secondary N) is 1. The minimum absolute atomic E-state index is 0.0806. The van der Waals surface area contributed by atoms with Crippen molar-refractivity contribution >= 4 is 11.6 Å². The first-order chi connectivity index (χ1) is 9.69. The van der Waals surface area contributed by atoms with Gasteiger partial charge in [-0.1, -0.05) is 18.2 Å². The number of carbonyl (C=O) groups is 1. The standard InChI is InChI=1S/C14H18N4O2/c1-2-20-13-6-4-3-5-11(13)7-16-12-8-17-18(9-12)10-14(15)19/h3-6,8-9,16H,2,7,10H2,1H3,(H2,15,19). The molecule has 0 saturated heterocycles. The fraction of sp³-hybridized carbons (Fsp3) is 0.286. The van der Waals surface area contributed by atoms with Crippen molar-refractivity contribution in [1.29, 1.82) is 0 Å². The van der Waals surface area contributed by atoms with Gasteiger partial charge in [-0.15, -0.1) is 0 Å². The molecule has 0 fully saturated rings. The summed E-state index contributed by atoms with van der Waals surface area (Å²) in [6.45, 7) is 3.29. The van der Waals surface area contributed by atoms with Crippen LogP contribution in [-0.2, 0) is 17.9 Å². The van der Waals surface area contributed by atoms with E-state index in [1.807, 2.05) is 31.2 Å². The molecule has 0 aliphatic carbocycles. The van der Waals surface area contributed by atoms with Crippen molar-refractivity contribution in [3.63, 3.8) is 0 Å². The van der Waals surface area contributed by atoms with Crippen molar-refractivity contribution in [2.75, 3.05) is 11.9 Å². The highest BCUT2D eigenvalue weighted by atomic mass is 16.5. The minimum atomic E-state index is -0.415. The van der Waals surface area contributed by atoms with Crippen LogP contribution in [0.4, 0.5) is 5.69 Å². The van der Waals surface area contributed by atoms with Crippen molar-refractivity contribution in [2.45, 2.75) is 20.0 Å². The van der Waals surface area contributed by atoms with Gasteiger partial charge in [0.2, 0.25) is 5.91 Å². The Hall–Kier alpha value is -2.50. The lowest BCUT2D eigenvalue weighted by Gasteiger charge is -2.10. The molecule has 0 atom stereocenters. The van der Waals surface area contributed by atoms with Crippen LogP contribution in [0.5, 0.6) is 5.75 Å². The van der Waals surface area contributed by atoms with E-state index in [0.717, 1.165) is 17.0 Å². The zero-order chi connectivity index (χ0) is 14.4. The van der Waals surface area contributed by atoms with Crippen LogP contribution in [-0.4, -0.2) is 22.3 Å². The number of primary amides is 1. The van der Waals surface area contributed by atoms with Gasteiger partial charge in [0.15, 0.2) is 0 Å². The molecule has 6 heteroatoms. The molecule has 0 unspecified atom stereocenters. The molecule has 0 radical (unpaired) electrons. The molecule has 2 rings (SSSR count). The first kappa shape index (κ1) is 13.9. The molecule has 1 heterocycles. The van der Waals surface area contributed by atoms with E-state index in [0.29, 0.717) is 13.2 Å².